The van der Waals surface area contributed by atoms with Gasteiger partial charge in [0.25, 0.3) is 0 Å². The van der Waals surface area contributed by atoms with E-state index in [4.69, 9.17) is 5.73 Å². The average Bonchev–Trinajstić information content (AvgIpc) is 3.20. The van der Waals surface area contributed by atoms with E-state index < -0.39 is 16.0 Å². The minimum atomic E-state index is -3.67. The highest BCUT2D eigenvalue weighted by atomic mass is 32.2. The summed E-state index contributed by atoms with van der Waals surface area (Å²) in [4.78, 5) is 11.3. The summed E-state index contributed by atoms with van der Waals surface area (Å²) in [6, 6.07) is 3.91. The number of sulfonamides is 1. The van der Waals surface area contributed by atoms with Crippen LogP contribution in [0.3, 0.4) is 0 Å². The highest BCUT2D eigenvalue weighted by Gasteiger charge is 2.31. The van der Waals surface area contributed by atoms with Gasteiger partial charge in [0.05, 0.1) is 18.4 Å². The van der Waals surface area contributed by atoms with Crippen molar-refractivity contribution in [1.82, 2.24) is 4.72 Å². The van der Waals surface area contributed by atoms with Gasteiger partial charge in [-0.2, -0.15) is 0 Å². The third-order valence-corrected chi connectivity index (χ3v) is 5.02. The lowest BCUT2D eigenvalue weighted by molar-refractivity contribution is 0.0600. The molecular weight excluding hydrogens is 280 g/mol. The molecule has 0 aromatic heterocycles. The third-order valence-electron chi connectivity index (χ3n) is 3.39. The first-order valence-corrected chi connectivity index (χ1v) is 7.83. The van der Waals surface area contributed by atoms with E-state index in [1.54, 1.807) is 0 Å². The van der Waals surface area contributed by atoms with E-state index in [1.807, 2.05) is 6.92 Å². The first-order valence-electron chi connectivity index (χ1n) is 6.35. The number of ether oxygens (including phenoxy) is 1. The Morgan fingerprint density at radius 2 is 2.10 bits per heavy atom. The van der Waals surface area contributed by atoms with Gasteiger partial charge in [0.1, 0.15) is 4.90 Å². The molecule has 0 saturated heterocycles. The Balaban J connectivity index is 2.25. The molecule has 0 spiro atoms. The number of hydrogen-bond acceptors (Lipinski definition) is 5. The lowest BCUT2D eigenvalue weighted by atomic mass is 10.2. The fourth-order valence-electron chi connectivity index (χ4n) is 2.04. The summed E-state index contributed by atoms with van der Waals surface area (Å²) in [7, 11) is -2.42. The summed E-state index contributed by atoms with van der Waals surface area (Å²) >= 11 is 0. The van der Waals surface area contributed by atoms with Crippen LogP contribution in [-0.4, -0.2) is 27.5 Å². The van der Waals surface area contributed by atoms with E-state index >= 15 is 0 Å². The van der Waals surface area contributed by atoms with Gasteiger partial charge in [-0.05, 0) is 43.9 Å². The molecule has 3 N–H and O–H groups in total. The van der Waals surface area contributed by atoms with Crippen LogP contribution in [0.1, 0.15) is 30.1 Å². The zero-order chi connectivity index (χ0) is 14.9. The summed E-state index contributed by atoms with van der Waals surface area (Å²) in [5.74, 6) is -0.153. The van der Waals surface area contributed by atoms with Gasteiger partial charge in [0.15, 0.2) is 0 Å². The first kappa shape index (κ1) is 14.8. The molecule has 0 bridgehead atoms. The molecule has 7 heteroatoms. The van der Waals surface area contributed by atoms with Crippen molar-refractivity contribution in [3.05, 3.63) is 23.8 Å². The van der Waals surface area contributed by atoms with E-state index in [1.165, 1.54) is 25.3 Å². The van der Waals surface area contributed by atoms with Crippen molar-refractivity contribution in [2.75, 3.05) is 12.8 Å². The van der Waals surface area contributed by atoms with Crippen molar-refractivity contribution >= 4 is 21.7 Å². The van der Waals surface area contributed by atoms with Crippen LogP contribution in [0.4, 0.5) is 5.69 Å². The van der Waals surface area contributed by atoms with Crippen LogP contribution in [0.2, 0.25) is 0 Å². The molecule has 1 aliphatic rings. The van der Waals surface area contributed by atoms with Gasteiger partial charge in [-0.1, -0.05) is 0 Å². The maximum Gasteiger partial charge on any atom is 0.337 e. The van der Waals surface area contributed by atoms with Crippen LogP contribution in [0.15, 0.2) is 23.1 Å². The molecule has 1 aromatic rings. The predicted octanol–water partition coefficient (Wildman–Crippen LogP) is 1.13. The molecule has 1 aromatic carbocycles. The van der Waals surface area contributed by atoms with E-state index in [-0.39, 0.29) is 22.2 Å². The zero-order valence-corrected chi connectivity index (χ0v) is 12.2. The molecule has 1 saturated carbocycles. The SMILES string of the molecule is COC(=O)c1ccc(S(=O)(=O)NC(C)C2CC2)c(N)c1. The maximum atomic E-state index is 12.2. The van der Waals surface area contributed by atoms with Crippen molar-refractivity contribution in [3.63, 3.8) is 0 Å². The van der Waals surface area contributed by atoms with Gasteiger partial charge < -0.3 is 10.5 Å². The normalized spacial score (nSPS) is 16.7. The van der Waals surface area contributed by atoms with Gasteiger partial charge in [0.2, 0.25) is 10.0 Å². The summed E-state index contributed by atoms with van der Waals surface area (Å²) in [6.07, 6.45) is 2.08. The van der Waals surface area contributed by atoms with Gasteiger partial charge in [-0.3, -0.25) is 0 Å². The monoisotopic (exact) mass is 298 g/mol. The Labute approximate surface area is 118 Å². The van der Waals surface area contributed by atoms with Crippen LogP contribution < -0.4 is 10.5 Å². The fraction of sp³-hybridized carbons (Fsp3) is 0.462. The molecule has 0 amide bonds. The molecule has 6 nitrogen and oxygen atoms in total. The number of rotatable bonds is 5. The number of carbonyl (C=O) groups excluding carboxylic acids is 1. The number of nitrogen functional groups attached to an aromatic ring is 1. The van der Waals surface area contributed by atoms with Crippen molar-refractivity contribution in [2.45, 2.75) is 30.7 Å². The quantitative estimate of drug-likeness (QED) is 0.627. The molecule has 2 rings (SSSR count). The topological polar surface area (TPSA) is 98.5 Å². The number of nitrogens with one attached hydrogen (secondary N) is 1. The second kappa shape index (κ2) is 5.41. The van der Waals surface area contributed by atoms with Gasteiger partial charge in [-0.15, -0.1) is 0 Å². The summed E-state index contributed by atoms with van der Waals surface area (Å²) in [6.45, 7) is 1.84. The van der Waals surface area contributed by atoms with Crippen LogP contribution in [0.25, 0.3) is 0 Å². The Morgan fingerprint density at radius 1 is 1.45 bits per heavy atom. The molecule has 1 unspecified atom stereocenters. The van der Waals surface area contributed by atoms with E-state index in [0.717, 1.165) is 12.8 Å². The molecule has 1 fully saturated rings. The Kier molecular flexibility index (Phi) is 4.01. The molecule has 110 valence electrons. The number of esters is 1. The smallest absolute Gasteiger partial charge is 0.337 e. The number of hydrogen-bond donors (Lipinski definition) is 2. The van der Waals surface area contributed by atoms with Gasteiger partial charge in [0, 0.05) is 6.04 Å². The minimum Gasteiger partial charge on any atom is -0.465 e. The Hall–Kier alpha value is -1.60. The second-order valence-corrected chi connectivity index (χ2v) is 6.67. The number of benzene rings is 1. The van der Waals surface area contributed by atoms with Gasteiger partial charge >= 0.3 is 5.97 Å². The number of anilines is 1. The third kappa shape index (κ3) is 3.10. The second-order valence-electron chi connectivity index (χ2n) is 4.99. The molecule has 1 aliphatic carbocycles. The lowest BCUT2D eigenvalue weighted by Crippen LogP contribution is -2.34. The first-order chi connectivity index (χ1) is 9.35. The largest absolute Gasteiger partial charge is 0.465 e. The van der Waals surface area contributed by atoms with Crippen molar-refractivity contribution in [3.8, 4) is 0 Å². The summed E-state index contributed by atoms with van der Waals surface area (Å²) in [5.41, 5.74) is 5.99. The van der Waals surface area contributed by atoms with E-state index in [0.29, 0.717) is 5.92 Å². The predicted molar refractivity (Wildman–Crippen MR) is 74.7 cm³/mol. The van der Waals surface area contributed by atoms with E-state index in [2.05, 4.69) is 9.46 Å². The minimum absolute atomic E-state index is 0.0161. The maximum absolute atomic E-state index is 12.2. The van der Waals surface area contributed by atoms with Crippen LogP contribution in [0.5, 0.6) is 0 Å². The Morgan fingerprint density at radius 3 is 2.60 bits per heavy atom. The molecular formula is C13H18N2O4S. The number of methoxy groups -OCH3 is 1. The van der Waals surface area contributed by atoms with Crippen molar-refractivity contribution < 1.29 is 17.9 Å². The van der Waals surface area contributed by atoms with Crippen molar-refractivity contribution in [2.24, 2.45) is 5.92 Å². The highest BCUT2D eigenvalue weighted by Crippen LogP contribution is 2.33. The number of carbonyl (C=O) groups is 1. The summed E-state index contributed by atoms with van der Waals surface area (Å²) in [5, 5.41) is 0. The Bertz CT molecular complexity index is 623. The van der Waals surface area contributed by atoms with Gasteiger partial charge in [-0.25, -0.2) is 17.9 Å². The van der Waals surface area contributed by atoms with Crippen molar-refractivity contribution in [1.29, 1.82) is 0 Å². The molecule has 20 heavy (non-hydrogen) atoms. The molecule has 0 radical (unpaired) electrons. The lowest BCUT2D eigenvalue weighted by Gasteiger charge is -2.15. The van der Waals surface area contributed by atoms with Crippen LogP contribution >= 0.6 is 0 Å². The fourth-order valence-corrected chi connectivity index (χ4v) is 3.46. The van der Waals surface area contributed by atoms with Crippen LogP contribution in [-0.2, 0) is 14.8 Å². The zero-order valence-electron chi connectivity index (χ0n) is 11.4. The number of nitrogens with two attached hydrogens (primary N) is 1. The van der Waals surface area contributed by atoms with E-state index in [9.17, 15) is 13.2 Å². The highest BCUT2D eigenvalue weighted by molar-refractivity contribution is 7.89. The standard InChI is InChI=1S/C13H18N2O4S/c1-8(9-3-4-9)15-20(17,18)12-6-5-10(7-11(12)14)13(16)19-2/h5-9,15H,3-4,14H2,1-2H3. The molecule has 1 atom stereocenters. The summed E-state index contributed by atoms with van der Waals surface area (Å²) < 4.78 is 31.7. The molecule has 0 aliphatic heterocycles. The van der Waals surface area contributed by atoms with Crippen LogP contribution in [0, 0.1) is 5.92 Å². The average molecular weight is 298 g/mol. The molecule has 0 heterocycles.